The van der Waals surface area contributed by atoms with Crippen LogP contribution in [-0.2, 0) is 4.43 Å². The highest BCUT2D eigenvalue weighted by atomic mass is 127. The number of halogens is 2. The molecule has 1 aliphatic rings. The Hall–Kier alpha value is 1.13. The molecule has 1 saturated carbocycles. The minimum atomic E-state index is -1.59. The number of hydrogen-bond acceptors (Lipinski definition) is 1. The molecule has 0 saturated heterocycles. The Labute approximate surface area is 142 Å². The van der Waals surface area contributed by atoms with Crippen LogP contribution in [0.1, 0.15) is 40.0 Å². The van der Waals surface area contributed by atoms with Crippen molar-refractivity contribution in [1.82, 2.24) is 0 Å². The predicted molar refractivity (Wildman–Crippen MR) is 100 cm³/mol. The molecule has 1 nitrogen and oxygen atoms in total. The average Bonchev–Trinajstić information content (AvgIpc) is 2.31. The summed E-state index contributed by atoms with van der Waals surface area (Å²) in [6.45, 7) is 15.8. The van der Waals surface area contributed by atoms with Crippen LogP contribution in [0.4, 0.5) is 0 Å². The second-order valence-electron chi connectivity index (χ2n) is 6.90. The Morgan fingerprint density at radius 2 is 2.11 bits per heavy atom. The second kappa shape index (κ2) is 6.92. The molecule has 1 aliphatic carbocycles. The molecule has 0 aromatic rings. The quantitative estimate of drug-likeness (QED) is 0.214. The fourth-order valence-corrected chi connectivity index (χ4v) is 5.80. The fourth-order valence-electron chi connectivity index (χ4n) is 2.55. The normalized spacial score (nSPS) is 32.6. The maximum absolute atomic E-state index is 6.66. The van der Waals surface area contributed by atoms with E-state index in [0.717, 1.165) is 10.8 Å². The minimum Gasteiger partial charge on any atom is -0.411 e. The molecule has 0 aromatic heterocycles. The zero-order valence-corrected chi connectivity index (χ0v) is 17.7. The number of hydrogen-bond donors (Lipinski definition) is 0. The van der Waals surface area contributed by atoms with Gasteiger partial charge in [0.25, 0.3) is 0 Å². The van der Waals surface area contributed by atoms with E-state index in [0.29, 0.717) is 16.3 Å². The number of alkyl halides is 2. The van der Waals surface area contributed by atoms with Gasteiger partial charge < -0.3 is 4.43 Å². The van der Waals surface area contributed by atoms with E-state index >= 15 is 0 Å². The summed E-state index contributed by atoms with van der Waals surface area (Å²) in [6, 6.07) is 0. The maximum atomic E-state index is 6.66. The Bertz CT molecular complexity index is 332. The van der Waals surface area contributed by atoms with E-state index in [9.17, 15) is 0 Å². The molecule has 0 aromatic carbocycles. The summed E-state index contributed by atoms with van der Waals surface area (Å²) in [4.78, 5) is 0.448. The summed E-state index contributed by atoms with van der Waals surface area (Å²) in [5.41, 5.74) is 2.06. The van der Waals surface area contributed by atoms with Crippen LogP contribution in [-0.4, -0.2) is 23.2 Å². The van der Waals surface area contributed by atoms with Gasteiger partial charge in [-0.2, -0.15) is 0 Å². The number of rotatable bonds is 5. The first-order valence-electron chi connectivity index (χ1n) is 7.20. The lowest BCUT2D eigenvalue weighted by atomic mass is 9.77. The highest BCUT2D eigenvalue weighted by Gasteiger charge is 2.44. The third-order valence-corrected chi connectivity index (χ3v) is 10.9. The van der Waals surface area contributed by atoms with Gasteiger partial charge in [0.15, 0.2) is 8.32 Å². The molecule has 1 rings (SSSR count). The molecule has 112 valence electrons. The van der Waals surface area contributed by atoms with Gasteiger partial charge in [-0.25, -0.2) is 0 Å². The Kier molecular flexibility index (Phi) is 6.62. The lowest BCUT2D eigenvalue weighted by molar-refractivity contribution is 0.0364. The van der Waals surface area contributed by atoms with E-state index in [1.54, 1.807) is 0 Å². The van der Waals surface area contributed by atoms with Crippen molar-refractivity contribution in [3.05, 3.63) is 12.2 Å². The minimum absolute atomic E-state index is 0.00203. The van der Waals surface area contributed by atoms with Crippen molar-refractivity contribution < 1.29 is 4.43 Å². The van der Waals surface area contributed by atoms with Gasteiger partial charge in [-0.1, -0.05) is 64.5 Å². The van der Waals surface area contributed by atoms with Crippen LogP contribution in [0.25, 0.3) is 0 Å². The van der Waals surface area contributed by atoms with E-state index in [1.165, 1.54) is 18.4 Å². The third kappa shape index (κ3) is 4.55. The summed E-state index contributed by atoms with van der Waals surface area (Å²) in [5.74, 6) is 0.668. The fraction of sp³-hybridized carbons (Fsp3) is 0.867. The predicted octanol–water partition coefficient (Wildman–Crippen LogP) is 5.93. The van der Waals surface area contributed by atoms with Crippen LogP contribution in [0.3, 0.4) is 0 Å². The Morgan fingerprint density at radius 3 is 2.53 bits per heavy atom. The van der Waals surface area contributed by atoms with Crippen molar-refractivity contribution in [2.45, 2.75) is 69.1 Å². The topological polar surface area (TPSA) is 9.23 Å². The van der Waals surface area contributed by atoms with Crippen molar-refractivity contribution in [1.29, 1.82) is 0 Å². The average molecular weight is 459 g/mol. The van der Waals surface area contributed by atoms with Crippen LogP contribution in [0, 0.1) is 5.92 Å². The standard InChI is InChI=1S/C15H28BrIOSi/c1-11(2)19(5,6)18-15(4)8-7-13(9-14(15)16)12(3)10-17/h11,13-14H,3,7-10H2,1-2,4-6H3/t13-,14-,15+/m0/s1. The summed E-state index contributed by atoms with van der Waals surface area (Å²) in [5, 5.41) is 0. The van der Waals surface area contributed by atoms with Crippen LogP contribution in [0.5, 0.6) is 0 Å². The van der Waals surface area contributed by atoms with E-state index < -0.39 is 8.32 Å². The zero-order chi connectivity index (χ0) is 14.8. The van der Waals surface area contributed by atoms with Gasteiger partial charge in [-0.3, -0.25) is 0 Å². The molecule has 0 amide bonds. The highest BCUT2D eigenvalue weighted by Crippen LogP contribution is 2.44. The largest absolute Gasteiger partial charge is 0.411 e. The van der Waals surface area contributed by atoms with E-state index in [2.05, 4.69) is 79.0 Å². The lowest BCUT2D eigenvalue weighted by Gasteiger charge is -2.47. The van der Waals surface area contributed by atoms with E-state index in [-0.39, 0.29) is 5.60 Å². The first-order valence-corrected chi connectivity index (χ1v) is 12.6. The van der Waals surface area contributed by atoms with Crippen molar-refractivity contribution >= 4 is 46.8 Å². The van der Waals surface area contributed by atoms with Crippen molar-refractivity contribution in [2.24, 2.45) is 5.92 Å². The molecule has 0 N–H and O–H groups in total. The zero-order valence-electron chi connectivity index (χ0n) is 12.9. The molecular formula is C15H28BrIOSi. The lowest BCUT2D eigenvalue weighted by Crippen LogP contribution is -2.52. The maximum Gasteiger partial charge on any atom is 0.190 e. The second-order valence-corrected chi connectivity index (χ2v) is 13.3. The molecule has 19 heavy (non-hydrogen) atoms. The van der Waals surface area contributed by atoms with Gasteiger partial charge in [0.2, 0.25) is 0 Å². The SMILES string of the molecule is C=C(CI)[C@H]1CC[C@@](C)(O[Si](C)(C)C(C)C)[C@@H](Br)C1. The third-order valence-electron chi connectivity index (χ3n) is 4.78. The summed E-state index contributed by atoms with van der Waals surface area (Å²) in [7, 11) is -1.59. The van der Waals surface area contributed by atoms with Crippen LogP contribution < -0.4 is 0 Å². The number of allylic oxidation sites excluding steroid dienone is 1. The van der Waals surface area contributed by atoms with Crippen LogP contribution >= 0.6 is 38.5 Å². The van der Waals surface area contributed by atoms with Crippen LogP contribution in [0.2, 0.25) is 18.6 Å². The molecule has 0 aliphatic heterocycles. The highest BCUT2D eigenvalue weighted by molar-refractivity contribution is 14.1. The molecule has 0 heterocycles. The molecule has 4 heteroatoms. The molecule has 1 fully saturated rings. The van der Waals surface area contributed by atoms with E-state index in [1.807, 2.05) is 0 Å². The molecule has 0 unspecified atom stereocenters. The van der Waals surface area contributed by atoms with Gasteiger partial charge in [0.05, 0.1) is 5.60 Å². The van der Waals surface area contributed by atoms with Gasteiger partial charge >= 0.3 is 0 Å². The van der Waals surface area contributed by atoms with Gasteiger partial charge in [0.1, 0.15) is 0 Å². The first-order chi connectivity index (χ1) is 8.62. The van der Waals surface area contributed by atoms with Crippen molar-refractivity contribution in [2.75, 3.05) is 4.43 Å². The first kappa shape index (κ1) is 18.2. The van der Waals surface area contributed by atoms with Gasteiger partial charge in [0, 0.05) is 9.25 Å². The molecular weight excluding hydrogens is 431 g/mol. The Balaban J connectivity index is 2.73. The summed E-state index contributed by atoms with van der Waals surface area (Å²) in [6.07, 6.45) is 3.54. The Morgan fingerprint density at radius 1 is 1.53 bits per heavy atom. The molecule has 0 spiro atoms. The van der Waals surface area contributed by atoms with Gasteiger partial charge in [-0.15, -0.1) is 0 Å². The smallest absolute Gasteiger partial charge is 0.190 e. The molecule has 0 bridgehead atoms. The van der Waals surface area contributed by atoms with E-state index in [4.69, 9.17) is 4.43 Å². The summed E-state index contributed by atoms with van der Waals surface area (Å²) < 4.78 is 7.74. The molecule has 0 radical (unpaired) electrons. The monoisotopic (exact) mass is 458 g/mol. The van der Waals surface area contributed by atoms with Crippen molar-refractivity contribution in [3.63, 3.8) is 0 Å². The van der Waals surface area contributed by atoms with Gasteiger partial charge in [-0.05, 0) is 50.7 Å². The molecule has 3 atom stereocenters. The van der Waals surface area contributed by atoms with Crippen molar-refractivity contribution in [3.8, 4) is 0 Å². The summed E-state index contributed by atoms with van der Waals surface area (Å²) >= 11 is 6.33. The van der Waals surface area contributed by atoms with Crippen LogP contribution in [0.15, 0.2) is 12.2 Å².